The summed E-state index contributed by atoms with van der Waals surface area (Å²) in [6.07, 6.45) is 9.94. The number of hydrogen-bond acceptors (Lipinski definition) is 9. The maximum absolute atomic E-state index is 14.2. The molecule has 1 N–H and O–H groups in total. The van der Waals surface area contributed by atoms with Gasteiger partial charge in [0.2, 0.25) is 11.9 Å². The van der Waals surface area contributed by atoms with Gasteiger partial charge in [-0.05, 0) is 50.9 Å². The Morgan fingerprint density at radius 1 is 1.05 bits per heavy atom. The van der Waals surface area contributed by atoms with Gasteiger partial charge < -0.3 is 24.8 Å². The van der Waals surface area contributed by atoms with Crippen molar-refractivity contribution < 1.29 is 9.53 Å². The number of likely N-dealkylation sites (tertiary alicyclic amines) is 1. The lowest BCUT2D eigenvalue weighted by Crippen LogP contribution is -2.44. The fourth-order valence-electron chi connectivity index (χ4n) is 6.72. The van der Waals surface area contributed by atoms with Crippen LogP contribution in [0.1, 0.15) is 62.6 Å². The molecule has 1 saturated carbocycles. The zero-order chi connectivity index (χ0) is 29.9. The Morgan fingerprint density at radius 2 is 1.84 bits per heavy atom. The number of nitrogens with zero attached hydrogens (tertiary/aromatic N) is 7. The smallest absolute Gasteiger partial charge is 0.274 e. The highest BCUT2D eigenvalue weighted by molar-refractivity contribution is 5.87. The fraction of sp³-hybridized carbons (Fsp3) is 0.531. The van der Waals surface area contributed by atoms with Crippen LogP contribution in [0.5, 0.6) is 5.75 Å². The van der Waals surface area contributed by atoms with Crippen molar-refractivity contribution in [2.75, 3.05) is 63.6 Å². The lowest BCUT2D eigenvalue weighted by molar-refractivity contribution is -0.127. The van der Waals surface area contributed by atoms with Crippen LogP contribution in [0.3, 0.4) is 0 Å². The van der Waals surface area contributed by atoms with Gasteiger partial charge >= 0.3 is 0 Å². The van der Waals surface area contributed by atoms with Gasteiger partial charge in [0.1, 0.15) is 17.0 Å². The van der Waals surface area contributed by atoms with E-state index in [4.69, 9.17) is 14.7 Å². The van der Waals surface area contributed by atoms with Crippen LogP contribution in [-0.2, 0) is 4.79 Å². The summed E-state index contributed by atoms with van der Waals surface area (Å²) in [6, 6.07) is 5.89. The zero-order valence-corrected chi connectivity index (χ0v) is 25.3. The molecule has 0 spiro atoms. The van der Waals surface area contributed by atoms with Crippen LogP contribution < -0.4 is 20.5 Å². The standard InChI is InChI=1S/C32H42N8O3/c1-4-28(41)39-14-8-11-24(21-39)40-30-26(34-29(31(40)42)22-9-6-5-7-10-22)20-33-32(36-30)35-25-13-12-23(19-27(25)43-3)38-17-15-37(2)16-18-38/h4,12-13,19-20,22,24H,1,5-11,14-18,21H2,2-3H3,(H,33,35,36). The largest absolute Gasteiger partial charge is 0.494 e. The number of amides is 1. The predicted molar refractivity (Wildman–Crippen MR) is 168 cm³/mol. The van der Waals surface area contributed by atoms with E-state index in [1.165, 1.54) is 12.5 Å². The van der Waals surface area contributed by atoms with Gasteiger partial charge in [0.05, 0.1) is 25.0 Å². The van der Waals surface area contributed by atoms with E-state index in [2.05, 4.69) is 39.8 Å². The summed E-state index contributed by atoms with van der Waals surface area (Å²) < 4.78 is 7.54. The molecule has 6 rings (SSSR count). The molecular formula is C32H42N8O3. The summed E-state index contributed by atoms with van der Waals surface area (Å²) in [5.41, 5.74) is 3.42. The number of carbonyl (C=O) groups is 1. The minimum Gasteiger partial charge on any atom is -0.494 e. The Bertz CT molecular complexity index is 1540. The van der Waals surface area contributed by atoms with Crippen molar-refractivity contribution in [3.63, 3.8) is 0 Å². The number of piperidine rings is 1. The highest BCUT2D eigenvalue weighted by atomic mass is 16.5. The van der Waals surface area contributed by atoms with Gasteiger partial charge in [-0.2, -0.15) is 4.98 Å². The van der Waals surface area contributed by atoms with E-state index in [1.807, 2.05) is 12.1 Å². The van der Waals surface area contributed by atoms with Crippen LogP contribution in [0.25, 0.3) is 11.2 Å². The van der Waals surface area contributed by atoms with Crippen molar-refractivity contribution in [1.82, 2.24) is 29.3 Å². The lowest BCUT2D eigenvalue weighted by Gasteiger charge is -2.34. The number of piperazine rings is 1. The molecular weight excluding hydrogens is 544 g/mol. The normalized spacial score (nSPS) is 20.3. The van der Waals surface area contributed by atoms with Gasteiger partial charge in [-0.1, -0.05) is 25.8 Å². The maximum atomic E-state index is 14.2. The molecule has 1 amide bonds. The summed E-state index contributed by atoms with van der Waals surface area (Å²) in [6.45, 7) is 8.71. The minimum atomic E-state index is -0.210. The third kappa shape index (κ3) is 6.08. The van der Waals surface area contributed by atoms with E-state index in [-0.39, 0.29) is 23.4 Å². The quantitative estimate of drug-likeness (QED) is 0.410. The molecule has 0 bridgehead atoms. The Labute approximate surface area is 252 Å². The molecule has 2 saturated heterocycles. The molecule has 3 fully saturated rings. The second-order valence-corrected chi connectivity index (χ2v) is 12.0. The number of aromatic nitrogens is 4. The molecule has 228 valence electrons. The van der Waals surface area contributed by atoms with Crippen molar-refractivity contribution in [3.05, 3.63) is 53.1 Å². The first-order chi connectivity index (χ1) is 20.9. The SMILES string of the molecule is C=CC(=O)N1CCCC(n2c(=O)c(C3CCCCC3)nc3cnc(Nc4ccc(N5CCN(C)CC5)cc4OC)nc32)C1. The predicted octanol–water partition coefficient (Wildman–Crippen LogP) is 4.09. The molecule has 0 radical (unpaired) electrons. The molecule has 1 atom stereocenters. The lowest BCUT2D eigenvalue weighted by atomic mass is 9.87. The molecule has 2 aromatic heterocycles. The van der Waals surface area contributed by atoms with Crippen molar-refractivity contribution in [1.29, 1.82) is 0 Å². The van der Waals surface area contributed by atoms with Crippen LogP contribution in [0.2, 0.25) is 0 Å². The first-order valence-electron chi connectivity index (χ1n) is 15.5. The molecule has 1 aliphatic carbocycles. The van der Waals surface area contributed by atoms with Crippen LogP contribution in [0.15, 0.2) is 41.8 Å². The number of benzene rings is 1. The van der Waals surface area contributed by atoms with E-state index in [1.54, 1.807) is 22.8 Å². The molecule has 11 nitrogen and oxygen atoms in total. The minimum absolute atomic E-state index is 0.101. The van der Waals surface area contributed by atoms with E-state index < -0.39 is 0 Å². The highest BCUT2D eigenvalue weighted by Gasteiger charge is 2.30. The van der Waals surface area contributed by atoms with Crippen LogP contribution in [0.4, 0.5) is 17.3 Å². The molecule has 2 aliphatic heterocycles. The molecule has 4 heterocycles. The first-order valence-corrected chi connectivity index (χ1v) is 15.5. The molecule has 1 unspecified atom stereocenters. The zero-order valence-electron chi connectivity index (χ0n) is 25.3. The fourth-order valence-corrected chi connectivity index (χ4v) is 6.72. The number of fused-ring (bicyclic) bond motifs is 1. The van der Waals surface area contributed by atoms with Crippen molar-refractivity contribution in [2.45, 2.75) is 56.9 Å². The van der Waals surface area contributed by atoms with E-state index in [9.17, 15) is 9.59 Å². The number of likely N-dealkylation sites (N-methyl/N-ethyl adjacent to an activating group) is 1. The second-order valence-electron chi connectivity index (χ2n) is 12.0. The average Bonchev–Trinajstić information content (AvgIpc) is 3.05. The number of anilines is 3. The van der Waals surface area contributed by atoms with E-state index >= 15 is 0 Å². The van der Waals surface area contributed by atoms with Crippen LogP contribution in [-0.4, -0.2) is 88.7 Å². The Hall–Kier alpha value is -3.99. The summed E-state index contributed by atoms with van der Waals surface area (Å²) in [4.78, 5) is 47.5. The van der Waals surface area contributed by atoms with E-state index in [0.717, 1.165) is 76.1 Å². The monoisotopic (exact) mass is 586 g/mol. The Kier molecular flexibility index (Phi) is 8.60. The maximum Gasteiger partial charge on any atom is 0.274 e. The summed E-state index contributed by atoms with van der Waals surface area (Å²) in [5.74, 6) is 1.06. The number of nitrogens with one attached hydrogen (secondary N) is 1. The van der Waals surface area contributed by atoms with Crippen LogP contribution >= 0.6 is 0 Å². The van der Waals surface area contributed by atoms with Gasteiger partial charge in [0.15, 0.2) is 5.65 Å². The molecule has 43 heavy (non-hydrogen) atoms. The Balaban J connectivity index is 1.36. The topological polar surface area (TPSA) is 109 Å². The summed E-state index contributed by atoms with van der Waals surface area (Å²) in [7, 11) is 3.80. The number of methoxy groups -OCH3 is 1. The molecule has 11 heteroatoms. The molecule has 1 aromatic carbocycles. The van der Waals surface area contributed by atoms with Gasteiger partial charge in [-0.15, -0.1) is 0 Å². The molecule has 3 aromatic rings. The van der Waals surface area contributed by atoms with Crippen molar-refractivity contribution >= 4 is 34.4 Å². The number of carbonyl (C=O) groups excluding carboxylic acids is 1. The average molecular weight is 587 g/mol. The third-order valence-electron chi connectivity index (χ3n) is 9.20. The van der Waals surface area contributed by atoms with Gasteiger partial charge in [0.25, 0.3) is 5.56 Å². The number of hydrogen-bond donors (Lipinski definition) is 1. The van der Waals surface area contributed by atoms with Crippen molar-refractivity contribution in [2.24, 2.45) is 0 Å². The summed E-state index contributed by atoms with van der Waals surface area (Å²) in [5, 5.41) is 3.32. The summed E-state index contributed by atoms with van der Waals surface area (Å²) >= 11 is 0. The molecule has 3 aliphatic rings. The third-order valence-corrected chi connectivity index (χ3v) is 9.20. The van der Waals surface area contributed by atoms with Crippen molar-refractivity contribution in [3.8, 4) is 5.75 Å². The van der Waals surface area contributed by atoms with Crippen LogP contribution in [0, 0.1) is 0 Å². The number of ether oxygens (including phenoxy) is 1. The van der Waals surface area contributed by atoms with Gasteiger partial charge in [-0.25, -0.2) is 9.97 Å². The van der Waals surface area contributed by atoms with Gasteiger partial charge in [-0.3, -0.25) is 14.2 Å². The van der Waals surface area contributed by atoms with E-state index in [0.29, 0.717) is 41.6 Å². The first kappa shape index (κ1) is 29.1. The highest BCUT2D eigenvalue weighted by Crippen LogP contribution is 2.34. The number of rotatable bonds is 7. The second kappa shape index (κ2) is 12.7. The van der Waals surface area contributed by atoms with Gasteiger partial charge in [0, 0.05) is 56.9 Å². The Morgan fingerprint density at radius 3 is 2.58 bits per heavy atom.